The molecule has 3 rings (SSSR count). The van der Waals surface area contributed by atoms with Crippen molar-refractivity contribution in [2.24, 2.45) is 0 Å². The summed E-state index contributed by atoms with van der Waals surface area (Å²) in [4.78, 5) is 16.8. The van der Waals surface area contributed by atoms with Gasteiger partial charge in [-0.25, -0.2) is 9.78 Å². The molecule has 0 unspecified atom stereocenters. The Morgan fingerprint density at radius 2 is 2.08 bits per heavy atom. The summed E-state index contributed by atoms with van der Waals surface area (Å²) in [6.45, 7) is 9.77. The van der Waals surface area contributed by atoms with Crippen molar-refractivity contribution >= 4 is 41.5 Å². The quantitative estimate of drug-likeness (QED) is 0.514. The maximum atomic E-state index is 12.4. The standard InChI is InChI=1S/C18H22N2O2SSi/c1-5-22-18(21)16-10-13-6-7-14(24(2,3)4)11-15(13)20(16)12-17-19-8-9-23-17/h6-11H,5,12H2,1-4H3. The smallest absolute Gasteiger partial charge is 0.354 e. The van der Waals surface area contributed by atoms with Crippen molar-refractivity contribution in [1.82, 2.24) is 9.55 Å². The first kappa shape index (κ1) is 16.9. The Bertz CT molecular complexity index is 863. The van der Waals surface area contributed by atoms with Gasteiger partial charge in [0, 0.05) is 22.5 Å². The number of hydrogen-bond donors (Lipinski definition) is 0. The zero-order valence-electron chi connectivity index (χ0n) is 14.5. The molecule has 0 aliphatic rings. The molecule has 24 heavy (non-hydrogen) atoms. The molecular formula is C18H22N2O2SSi. The van der Waals surface area contributed by atoms with Gasteiger partial charge in [0.1, 0.15) is 10.7 Å². The first-order chi connectivity index (χ1) is 11.4. The first-order valence-corrected chi connectivity index (χ1v) is 12.5. The van der Waals surface area contributed by atoms with E-state index in [9.17, 15) is 4.79 Å². The van der Waals surface area contributed by atoms with Crippen LogP contribution < -0.4 is 5.19 Å². The molecule has 0 saturated heterocycles. The maximum Gasteiger partial charge on any atom is 0.354 e. The van der Waals surface area contributed by atoms with Crippen LogP contribution in [0.2, 0.25) is 19.6 Å². The molecule has 0 bridgehead atoms. The van der Waals surface area contributed by atoms with E-state index >= 15 is 0 Å². The van der Waals surface area contributed by atoms with Crippen molar-refractivity contribution in [3.05, 3.63) is 46.5 Å². The van der Waals surface area contributed by atoms with Gasteiger partial charge in [-0.1, -0.05) is 37.0 Å². The minimum Gasteiger partial charge on any atom is -0.461 e. The molecule has 0 radical (unpaired) electrons. The fourth-order valence-electron chi connectivity index (χ4n) is 2.73. The van der Waals surface area contributed by atoms with Crippen LogP contribution in [0.1, 0.15) is 22.4 Å². The van der Waals surface area contributed by atoms with Crippen molar-refractivity contribution in [3.63, 3.8) is 0 Å². The Morgan fingerprint density at radius 1 is 1.29 bits per heavy atom. The number of esters is 1. The van der Waals surface area contributed by atoms with E-state index in [4.69, 9.17) is 4.74 Å². The summed E-state index contributed by atoms with van der Waals surface area (Å²) < 4.78 is 7.28. The number of ether oxygens (including phenoxy) is 1. The second-order valence-electron chi connectivity index (χ2n) is 6.79. The molecule has 2 aromatic heterocycles. The normalized spacial score (nSPS) is 11.8. The third-order valence-corrected chi connectivity index (χ3v) is 6.84. The summed E-state index contributed by atoms with van der Waals surface area (Å²) >= 11 is 1.60. The van der Waals surface area contributed by atoms with Crippen LogP contribution >= 0.6 is 11.3 Å². The fraction of sp³-hybridized carbons (Fsp3) is 0.333. The van der Waals surface area contributed by atoms with Crippen LogP contribution in [-0.4, -0.2) is 30.2 Å². The Labute approximate surface area is 147 Å². The van der Waals surface area contributed by atoms with Gasteiger partial charge in [-0.3, -0.25) is 0 Å². The fourth-order valence-corrected chi connectivity index (χ4v) is 4.49. The molecule has 0 fully saturated rings. The highest BCUT2D eigenvalue weighted by molar-refractivity contribution is 7.09. The first-order valence-electron chi connectivity index (χ1n) is 8.09. The molecule has 1 aromatic carbocycles. The molecule has 2 heterocycles. The zero-order chi connectivity index (χ0) is 17.3. The van der Waals surface area contributed by atoms with Crippen LogP contribution in [0.25, 0.3) is 10.9 Å². The summed E-state index contributed by atoms with van der Waals surface area (Å²) in [6.07, 6.45) is 1.79. The number of nitrogens with zero attached hydrogens (tertiary/aromatic N) is 2. The number of carbonyl (C=O) groups excluding carboxylic acids is 1. The Balaban J connectivity index is 2.16. The van der Waals surface area contributed by atoms with Crippen molar-refractivity contribution in [1.29, 1.82) is 0 Å². The minimum atomic E-state index is -1.43. The molecule has 3 aromatic rings. The van der Waals surface area contributed by atoms with E-state index < -0.39 is 8.07 Å². The Hall–Kier alpha value is -1.92. The van der Waals surface area contributed by atoms with E-state index in [1.807, 2.05) is 22.9 Å². The van der Waals surface area contributed by atoms with Crippen molar-refractivity contribution < 1.29 is 9.53 Å². The monoisotopic (exact) mass is 358 g/mol. The molecule has 4 nitrogen and oxygen atoms in total. The number of rotatable bonds is 5. The highest BCUT2D eigenvalue weighted by Crippen LogP contribution is 2.23. The number of hydrogen-bond acceptors (Lipinski definition) is 4. The zero-order valence-corrected chi connectivity index (χ0v) is 16.3. The van der Waals surface area contributed by atoms with E-state index in [2.05, 4.69) is 42.8 Å². The van der Waals surface area contributed by atoms with Gasteiger partial charge in [0.15, 0.2) is 0 Å². The topological polar surface area (TPSA) is 44.1 Å². The predicted octanol–water partition coefficient (Wildman–Crippen LogP) is 3.87. The van der Waals surface area contributed by atoms with Crippen LogP contribution in [0.15, 0.2) is 35.8 Å². The number of aromatic nitrogens is 2. The van der Waals surface area contributed by atoms with E-state index in [-0.39, 0.29) is 5.97 Å². The SMILES string of the molecule is CCOC(=O)c1cc2ccc([Si](C)(C)C)cc2n1Cc1nccs1. The molecule has 126 valence electrons. The van der Waals surface area contributed by atoms with Crippen LogP contribution in [0.3, 0.4) is 0 Å². The Kier molecular flexibility index (Phi) is 4.60. The summed E-state index contributed by atoms with van der Waals surface area (Å²) in [7, 11) is -1.43. The van der Waals surface area contributed by atoms with Gasteiger partial charge >= 0.3 is 5.97 Å². The second kappa shape index (κ2) is 6.53. The molecule has 6 heteroatoms. The molecule has 0 saturated carbocycles. The predicted molar refractivity (Wildman–Crippen MR) is 102 cm³/mol. The van der Waals surface area contributed by atoms with E-state index in [0.29, 0.717) is 18.8 Å². The highest BCUT2D eigenvalue weighted by atomic mass is 32.1. The van der Waals surface area contributed by atoms with Gasteiger partial charge in [0.05, 0.1) is 21.2 Å². The average molecular weight is 359 g/mol. The van der Waals surface area contributed by atoms with Gasteiger partial charge in [0.25, 0.3) is 0 Å². The van der Waals surface area contributed by atoms with Crippen molar-refractivity contribution in [2.75, 3.05) is 6.61 Å². The number of carbonyl (C=O) groups is 1. The van der Waals surface area contributed by atoms with Crippen molar-refractivity contribution in [2.45, 2.75) is 33.1 Å². The summed E-state index contributed by atoms with van der Waals surface area (Å²) in [5.41, 5.74) is 1.67. The third-order valence-electron chi connectivity index (χ3n) is 4.03. The lowest BCUT2D eigenvalue weighted by atomic mass is 10.2. The third kappa shape index (κ3) is 3.30. The summed E-state index contributed by atoms with van der Waals surface area (Å²) in [5.74, 6) is -0.278. The van der Waals surface area contributed by atoms with E-state index in [1.165, 1.54) is 5.19 Å². The van der Waals surface area contributed by atoms with Gasteiger partial charge < -0.3 is 9.30 Å². The van der Waals surface area contributed by atoms with Crippen LogP contribution in [0, 0.1) is 0 Å². The van der Waals surface area contributed by atoms with E-state index in [1.54, 1.807) is 17.5 Å². The summed E-state index contributed by atoms with van der Waals surface area (Å²) in [5, 5.41) is 5.38. The van der Waals surface area contributed by atoms with E-state index in [0.717, 1.165) is 15.9 Å². The lowest BCUT2D eigenvalue weighted by Gasteiger charge is -2.17. The molecule has 0 amide bonds. The van der Waals surface area contributed by atoms with Gasteiger partial charge in [0.2, 0.25) is 0 Å². The average Bonchev–Trinajstić information content (AvgIpc) is 3.15. The van der Waals surface area contributed by atoms with Crippen LogP contribution in [0.5, 0.6) is 0 Å². The largest absolute Gasteiger partial charge is 0.461 e. The highest BCUT2D eigenvalue weighted by Gasteiger charge is 2.21. The van der Waals surface area contributed by atoms with Crippen LogP contribution in [0.4, 0.5) is 0 Å². The second-order valence-corrected chi connectivity index (χ2v) is 12.8. The Morgan fingerprint density at radius 3 is 2.71 bits per heavy atom. The lowest BCUT2D eigenvalue weighted by Crippen LogP contribution is -2.37. The van der Waals surface area contributed by atoms with Gasteiger partial charge in [-0.15, -0.1) is 11.3 Å². The lowest BCUT2D eigenvalue weighted by molar-refractivity contribution is 0.0515. The molecule has 0 spiro atoms. The van der Waals surface area contributed by atoms with Gasteiger partial charge in [-0.05, 0) is 19.1 Å². The molecule has 0 aliphatic heterocycles. The molecule has 0 atom stereocenters. The molecular weight excluding hydrogens is 336 g/mol. The van der Waals surface area contributed by atoms with Crippen LogP contribution in [-0.2, 0) is 11.3 Å². The van der Waals surface area contributed by atoms with Crippen molar-refractivity contribution in [3.8, 4) is 0 Å². The van der Waals surface area contributed by atoms with Gasteiger partial charge in [-0.2, -0.15) is 0 Å². The maximum absolute atomic E-state index is 12.4. The minimum absolute atomic E-state index is 0.278. The number of benzene rings is 1. The summed E-state index contributed by atoms with van der Waals surface area (Å²) in [6, 6.07) is 8.47. The number of thiazole rings is 1. The molecule has 0 N–H and O–H groups in total. The molecule has 0 aliphatic carbocycles. The number of fused-ring (bicyclic) bond motifs is 1.